The standard InChI is InChI=1S/C10H13NO/c1-5-9-10(11-4)8(6-12-9)7(2)3/h5-7H,1,4H2,2-3H3. The van der Waals surface area contributed by atoms with Gasteiger partial charge in [0.25, 0.3) is 0 Å². The minimum absolute atomic E-state index is 0.406. The molecule has 2 nitrogen and oxygen atoms in total. The largest absolute Gasteiger partial charge is 0.462 e. The molecule has 1 aromatic heterocycles. The van der Waals surface area contributed by atoms with E-state index < -0.39 is 0 Å². The second-order valence-corrected chi connectivity index (χ2v) is 2.92. The van der Waals surface area contributed by atoms with E-state index in [1.165, 1.54) is 0 Å². The number of hydrogen-bond donors (Lipinski definition) is 0. The predicted molar refractivity (Wildman–Crippen MR) is 52.1 cm³/mol. The van der Waals surface area contributed by atoms with E-state index in [4.69, 9.17) is 4.42 Å². The van der Waals surface area contributed by atoms with Crippen LogP contribution in [0.25, 0.3) is 6.08 Å². The van der Waals surface area contributed by atoms with Gasteiger partial charge in [0.2, 0.25) is 0 Å². The molecule has 0 aromatic carbocycles. The minimum atomic E-state index is 0.406. The van der Waals surface area contributed by atoms with Gasteiger partial charge < -0.3 is 4.42 Å². The van der Waals surface area contributed by atoms with Crippen molar-refractivity contribution < 1.29 is 4.42 Å². The van der Waals surface area contributed by atoms with Gasteiger partial charge in [0.15, 0.2) is 5.76 Å². The second kappa shape index (κ2) is 3.39. The highest BCUT2D eigenvalue weighted by atomic mass is 16.3. The molecule has 2 heteroatoms. The van der Waals surface area contributed by atoms with Crippen LogP contribution in [0.5, 0.6) is 0 Å². The van der Waals surface area contributed by atoms with Crippen molar-refractivity contribution in [1.29, 1.82) is 0 Å². The van der Waals surface area contributed by atoms with E-state index in [2.05, 4.69) is 32.1 Å². The van der Waals surface area contributed by atoms with Gasteiger partial charge in [0.1, 0.15) is 5.69 Å². The summed E-state index contributed by atoms with van der Waals surface area (Å²) >= 11 is 0. The van der Waals surface area contributed by atoms with E-state index in [0.29, 0.717) is 11.7 Å². The molecule has 64 valence electrons. The molecule has 1 rings (SSSR count). The van der Waals surface area contributed by atoms with Gasteiger partial charge in [-0.1, -0.05) is 20.4 Å². The van der Waals surface area contributed by atoms with Crippen LogP contribution < -0.4 is 0 Å². The number of aliphatic imine (C=N–C) groups is 1. The van der Waals surface area contributed by atoms with Gasteiger partial charge in [-0.3, -0.25) is 4.99 Å². The summed E-state index contributed by atoms with van der Waals surface area (Å²) in [6, 6.07) is 0. The Kier molecular flexibility index (Phi) is 2.48. The first-order valence-corrected chi connectivity index (χ1v) is 3.91. The maximum atomic E-state index is 5.25. The van der Waals surface area contributed by atoms with Crippen LogP contribution in [0.3, 0.4) is 0 Å². The van der Waals surface area contributed by atoms with Gasteiger partial charge in [0, 0.05) is 5.56 Å². The van der Waals surface area contributed by atoms with E-state index >= 15 is 0 Å². The summed E-state index contributed by atoms with van der Waals surface area (Å²) in [7, 11) is 0. The first kappa shape index (κ1) is 8.78. The molecular weight excluding hydrogens is 150 g/mol. The Hall–Kier alpha value is -1.31. The Morgan fingerprint density at radius 2 is 2.25 bits per heavy atom. The molecular formula is C10H13NO. The molecule has 0 N–H and O–H groups in total. The summed E-state index contributed by atoms with van der Waals surface area (Å²) in [6.07, 6.45) is 3.36. The lowest BCUT2D eigenvalue weighted by molar-refractivity contribution is 0.552. The average molecular weight is 163 g/mol. The lowest BCUT2D eigenvalue weighted by Crippen LogP contribution is -1.82. The van der Waals surface area contributed by atoms with Gasteiger partial charge in [-0.05, 0) is 18.7 Å². The molecule has 0 aliphatic carbocycles. The molecule has 0 bridgehead atoms. The van der Waals surface area contributed by atoms with Gasteiger partial charge >= 0.3 is 0 Å². The maximum Gasteiger partial charge on any atom is 0.151 e. The minimum Gasteiger partial charge on any atom is -0.462 e. The van der Waals surface area contributed by atoms with Crippen LogP contribution in [0.1, 0.15) is 31.1 Å². The van der Waals surface area contributed by atoms with E-state index in [0.717, 1.165) is 11.3 Å². The van der Waals surface area contributed by atoms with Crippen molar-refractivity contribution in [3.8, 4) is 0 Å². The molecule has 0 fully saturated rings. The van der Waals surface area contributed by atoms with Crippen molar-refractivity contribution in [3.63, 3.8) is 0 Å². The summed E-state index contributed by atoms with van der Waals surface area (Å²) in [5, 5.41) is 0. The van der Waals surface area contributed by atoms with Crippen LogP contribution in [0.4, 0.5) is 5.69 Å². The summed E-state index contributed by atoms with van der Waals surface area (Å²) < 4.78 is 5.25. The molecule has 0 saturated carbocycles. The third-order valence-corrected chi connectivity index (χ3v) is 1.79. The van der Waals surface area contributed by atoms with Crippen molar-refractivity contribution in [1.82, 2.24) is 0 Å². The fourth-order valence-electron chi connectivity index (χ4n) is 1.10. The van der Waals surface area contributed by atoms with Crippen molar-refractivity contribution in [2.75, 3.05) is 0 Å². The molecule has 0 aliphatic rings. The predicted octanol–water partition coefficient (Wildman–Crippen LogP) is 3.38. The highest BCUT2D eigenvalue weighted by molar-refractivity contribution is 5.64. The zero-order valence-corrected chi connectivity index (χ0v) is 7.50. The maximum absolute atomic E-state index is 5.25. The lowest BCUT2D eigenvalue weighted by Gasteiger charge is -2.00. The second-order valence-electron chi connectivity index (χ2n) is 2.92. The Balaban J connectivity index is 3.22. The zero-order valence-electron chi connectivity index (χ0n) is 7.50. The van der Waals surface area contributed by atoms with Crippen LogP contribution in [0, 0.1) is 0 Å². The highest BCUT2D eigenvalue weighted by Crippen LogP contribution is 2.32. The molecule has 0 saturated heterocycles. The third-order valence-electron chi connectivity index (χ3n) is 1.79. The summed E-state index contributed by atoms with van der Waals surface area (Å²) in [4.78, 5) is 3.91. The summed E-state index contributed by atoms with van der Waals surface area (Å²) in [5.74, 6) is 1.11. The molecule has 0 spiro atoms. The molecule has 0 atom stereocenters. The zero-order chi connectivity index (χ0) is 9.14. The number of furan rings is 1. The van der Waals surface area contributed by atoms with Gasteiger partial charge in [-0.2, -0.15) is 0 Å². The Labute approximate surface area is 72.6 Å². The first-order chi connectivity index (χ1) is 5.70. The van der Waals surface area contributed by atoms with Crippen LogP contribution >= 0.6 is 0 Å². The first-order valence-electron chi connectivity index (χ1n) is 3.91. The van der Waals surface area contributed by atoms with Crippen LogP contribution in [0.2, 0.25) is 0 Å². The summed E-state index contributed by atoms with van der Waals surface area (Å²) in [6.45, 7) is 11.3. The summed E-state index contributed by atoms with van der Waals surface area (Å²) in [5.41, 5.74) is 1.90. The van der Waals surface area contributed by atoms with Crippen molar-refractivity contribution >= 4 is 18.5 Å². The Morgan fingerprint density at radius 3 is 2.67 bits per heavy atom. The molecule has 12 heavy (non-hydrogen) atoms. The van der Waals surface area contributed by atoms with Crippen molar-refractivity contribution in [2.24, 2.45) is 4.99 Å². The highest BCUT2D eigenvalue weighted by Gasteiger charge is 2.12. The van der Waals surface area contributed by atoms with Crippen molar-refractivity contribution in [2.45, 2.75) is 19.8 Å². The lowest BCUT2D eigenvalue weighted by atomic mass is 10.1. The number of rotatable bonds is 3. The van der Waals surface area contributed by atoms with E-state index in [1.807, 2.05) is 0 Å². The fourth-order valence-corrected chi connectivity index (χ4v) is 1.10. The topological polar surface area (TPSA) is 25.5 Å². The van der Waals surface area contributed by atoms with E-state index in [9.17, 15) is 0 Å². The molecule has 1 heterocycles. The smallest absolute Gasteiger partial charge is 0.151 e. The fraction of sp³-hybridized carbons (Fsp3) is 0.300. The van der Waals surface area contributed by atoms with Crippen LogP contribution in [-0.2, 0) is 0 Å². The normalized spacial score (nSPS) is 10.2. The number of hydrogen-bond acceptors (Lipinski definition) is 2. The molecule has 1 aromatic rings. The molecule has 0 unspecified atom stereocenters. The SMILES string of the molecule is C=Cc1occ(C(C)C)c1N=C. The quantitative estimate of drug-likeness (QED) is 0.627. The monoisotopic (exact) mass is 163 g/mol. The van der Waals surface area contributed by atoms with Crippen LogP contribution in [-0.4, -0.2) is 6.72 Å². The Morgan fingerprint density at radius 1 is 1.58 bits per heavy atom. The molecule has 0 aliphatic heterocycles. The van der Waals surface area contributed by atoms with Gasteiger partial charge in [0.05, 0.1) is 6.26 Å². The molecule has 0 radical (unpaired) electrons. The molecule has 0 amide bonds. The Bertz CT molecular complexity index is 297. The number of nitrogens with zero attached hydrogens (tertiary/aromatic N) is 1. The third kappa shape index (κ3) is 1.33. The van der Waals surface area contributed by atoms with E-state index in [-0.39, 0.29) is 0 Å². The van der Waals surface area contributed by atoms with Crippen molar-refractivity contribution in [3.05, 3.63) is 24.2 Å². The average Bonchev–Trinajstić information content (AvgIpc) is 2.46. The van der Waals surface area contributed by atoms with Crippen LogP contribution in [0.15, 0.2) is 22.3 Å². The van der Waals surface area contributed by atoms with E-state index in [1.54, 1.807) is 12.3 Å². The van der Waals surface area contributed by atoms with Gasteiger partial charge in [-0.15, -0.1) is 0 Å². The van der Waals surface area contributed by atoms with Gasteiger partial charge in [-0.25, -0.2) is 0 Å².